The standard InChI is InChI=1S/C13H19N5O5/c1-2-3-22-7-8-5-18(13(21)15-12(8)20)11-4-9(16-17-14)10(6-19)23-11/h5,9-11,19H,2-4,6-7H2,1H3,(H,15,20,21). The Morgan fingerprint density at radius 1 is 1.61 bits per heavy atom. The maximum atomic E-state index is 12.0. The first-order valence-corrected chi connectivity index (χ1v) is 7.33. The SMILES string of the molecule is CCCOCc1cn(C2CC(N=[N+]=[N-])C(CO)O2)c(=O)[nH]c1=O. The summed E-state index contributed by atoms with van der Waals surface area (Å²) in [4.78, 5) is 28.7. The maximum Gasteiger partial charge on any atom is 0.330 e. The maximum absolute atomic E-state index is 12.0. The van der Waals surface area contributed by atoms with Gasteiger partial charge >= 0.3 is 5.69 Å². The number of hydrogen-bond donors (Lipinski definition) is 2. The smallest absolute Gasteiger partial charge is 0.330 e. The average molecular weight is 325 g/mol. The van der Waals surface area contributed by atoms with Crippen LogP contribution >= 0.6 is 0 Å². The molecule has 2 N–H and O–H groups in total. The van der Waals surface area contributed by atoms with Crippen LogP contribution in [0.2, 0.25) is 0 Å². The second-order valence-corrected chi connectivity index (χ2v) is 5.19. The number of aliphatic hydroxyl groups excluding tert-OH is 1. The molecule has 10 nitrogen and oxygen atoms in total. The summed E-state index contributed by atoms with van der Waals surface area (Å²) in [5, 5.41) is 12.8. The molecule has 2 rings (SSSR count). The van der Waals surface area contributed by atoms with E-state index in [1.165, 1.54) is 10.8 Å². The molecule has 0 amide bonds. The van der Waals surface area contributed by atoms with E-state index in [1.54, 1.807) is 0 Å². The number of ether oxygens (including phenoxy) is 2. The van der Waals surface area contributed by atoms with Crippen LogP contribution in [0.5, 0.6) is 0 Å². The van der Waals surface area contributed by atoms with E-state index in [4.69, 9.17) is 15.0 Å². The lowest BCUT2D eigenvalue weighted by Gasteiger charge is -2.15. The summed E-state index contributed by atoms with van der Waals surface area (Å²) in [7, 11) is 0. The average Bonchev–Trinajstić information content (AvgIpc) is 2.93. The number of aromatic nitrogens is 2. The van der Waals surface area contributed by atoms with Crippen LogP contribution in [0.3, 0.4) is 0 Å². The van der Waals surface area contributed by atoms with Crippen LogP contribution in [0.4, 0.5) is 0 Å². The van der Waals surface area contributed by atoms with E-state index >= 15 is 0 Å². The highest BCUT2D eigenvalue weighted by Gasteiger charge is 2.35. The molecule has 3 unspecified atom stereocenters. The number of nitrogens with one attached hydrogen (secondary N) is 1. The van der Waals surface area contributed by atoms with Crippen LogP contribution < -0.4 is 11.2 Å². The largest absolute Gasteiger partial charge is 0.394 e. The van der Waals surface area contributed by atoms with Crippen molar-refractivity contribution in [3.05, 3.63) is 43.0 Å². The van der Waals surface area contributed by atoms with Gasteiger partial charge in [0.15, 0.2) is 0 Å². The van der Waals surface area contributed by atoms with E-state index in [0.717, 1.165) is 6.42 Å². The molecule has 2 heterocycles. The van der Waals surface area contributed by atoms with Crippen molar-refractivity contribution in [3.8, 4) is 0 Å². The number of nitrogens with zero attached hydrogens (tertiary/aromatic N) is 4. The van der Waals surface area contributed by atoms with E-state index in [-0.39, 0.29) is 19.6 Å². The van der Waals surface area contributed by atoms with E-state index < -0.39 is 29.6 Å². The zero-order valence-corrected chi connectivity index (χ0v) is 12.7. The van der Waals surface area contributed by atoms with Crippen LogP contribution in [0.1, 0.15) is 31.6 Å². The normalized spacial score (nSPS) is 23.7. The molecule has 1 aliphatic rings. The van der Waals surface area contributed by atoms with Crippen molar-refractivity contribution in [1.29, 1.82) is 0 Å². The Kier molecular flexibility index (Phi) is 5.94. The molecular formula is C13H19N5O5. The van der Waals surface area contributed by atoms with Gasteiger partial charge in [0.25, 0.3) is 5.56 Å². The molecule has 0 bridgehead atoms. The van der Waals surface area contributed by atoms with E-state index in [9.17, 15) is 14.7 Å². The fourth-order valence-electron chi connectivity index (χ4n) is 2.41. The summed E-state index contributed by atoms with van der Waals surface area (Å²) in [6.07, 6.45) is 1.02. The zero-order valence-electron chi connectivity index (χ0n) is 12.7. The summed E-state index contributed by atoms with van der Waals surface area (Å²) in [5.41, 5.74) is 7.71. The Bertz CT molecular complexity index is 693. The molecule has 0 radical (unpaired) electrons. The first-order valence-electron chi connectivity index (χ1n) is 7.33. The Labute approximate surface area is 131 Å². The van der Waals surface area contributed by atoms with Crippen LogP contribution in [0.25, 0.3) is 10.4 Å². The van der Waals surface area contributed by atoms with Crippen molar-refractivity contribution in [2.24, 2.45) is 5.11 Å². The molecule has 126 valence electrons. The lowest BCUT2D eigenvalue weighted by Crippen LogP contribution is -2.34. The van der Waals surface area contributed by atoms with Crippen LogP contribution in [0.15, 0.2) is 20.9 Å². The van der Waals surface area contributed by atoms with Crippen LogP contribution in [-0.4, -0.2) is 40.0 Å². The Morgan fingerprint density at radius 2 is 2.39 bits per heavy atom. The molecule has 10 heteroatoms. The Morgan fingerprint density at radius 3 is 3.04 bits per heavy atom. The van der Waals surface area contributed by atoms with Gasteiger partial charge in [-0.3, -0.25) is 14.3 Å². The minimum absolute atomic E-state index is 0.0827. The molecular weight excluding hydrogens is 306 g/mol. The quantitative estimate of drug-likeness (QED) is 0.323. The lowest BCUT2D eigenvalue weighted by molar-refractivity contribution is -0.0274. The molecule has 1 aromatic rings. The van der Waals surface area contributed by atoms with E-state index in [2.05, 4.69) is 15.0 Å². The Hall–Kier alpha value is -2.13. The first kappa shape index (κ1) is 17.2. The van der Waals surface area contributed by atoms with Crippen molar-refractivity contribution in [2.75, 3.05) is 13.2 Å². The number of rotatable bonds is 7. The van der Waals surface area contributed by atoms with Gasteiger partial charge < -0.3 is 14.6 Å². The highest BCUT2D eigenvalue weighted by atomic mass is 16.5. The second-order valence-electron chi connectivity index (χ2n) is 5.19. The summed E-state index contributed by atoms with van der Waals surface area (Å²) in [5.74, 6) is 0. The van der Waals surface area contributed by atoms with Crippen molar-refractivity contribution < 1.29 is 14.6 Å². The summed E-state index contributed by atoms with van der Waals surface area (Å²) < 4.78 is 12.1. The molecule has 1 saturated heterocycles. The molecule has 0 aromatic carbocycles. The molecule has 1 aliphatic heterocycles. The number of H-pyrrole nitrogens is 1. The molecule has 0 saturated carbocycles. The summed E-state index contributed by atoms with van der Waals surface area (Å²) in [6.45, 7) is 2.20. The fourth-order valence-corrected chi connectivity index (χ4v) is 2.41. The van der Waals surface area contributed by atoms with Gasteiger partial charge in [0.2, 0.25) is 0 Å². The highest BCUT2D eigenvalue weighted by Crippen LogP contribution is 2.29. The first-order chi connectivity index (χ1) is 11.1. The topological polar surface area (TPSA) is 142 Å². The fraction of sp³-hybridized carbons (Fsp3) is 0.692. The molecule has 1 aromatic heterocycles. The zero-order chi connectivity index (χ0) is 16.8. The number of hydrogen-bond acceptors (Lipinski definition) is 6. The van der Waals surface area contributed by atoms with Gasteiger partial charge in [-0.25, -0.2) is 4.79 Å². The van der Waals surface area contributed by atoms with Crippen molar-refractivity contribution in [2.45, 2.75) is 44.7 Å². The lowest BCUT2D eigenvalue weighted by atomic mass is 10.1. The molecule has 0 spiro atoms. The van der Waals surface area contributed by atoms with Gasteiger partial charge in [0.05, 0.1) is 30.9 Å². The van der Waals surface area contributed by atoms with Gasteiger partial charge in [0, 0.05) is 24.1 Å². The van der Waals surface area contributed by atoms with Gasteiger partial charge in [-0.05, 0) is 12.0 Å². The third kappa shape index (κ3) is 3.99. The van der Waals surface area contributed by atoms with Crippen molar-refractivity contribution in [3.63, 3.8) is 0 Å². The van der Waals surface area contributed by atoms with Crippen molar-refractivity contribution >= 4 is 0 Å². The summed E-state index contributed by atoms with van der Waals surface area (Å²) >= 11 is 0. The summed E-state index contributed by atoms with van der Waals surface area (Å²) in [6, 6.07) is -0.575. The molecule has 0 aliphatic carbocycles. The predicted octanol–water partition coefficient (Wildman–Crippen LogP) is 0.422. The molecule has 3 atom stereocenters. The van der Waals surface area contributed by atoms with Crippen LogP contribution in [0, 0.1) is 0 Å². The monoisotopic (exact) mass is 325 g/mol. The number of aromatic amines is 1. The van der Waals surface area contributed by atoms with Crippen molar-refractivity contribution in [1.82, 2.24) is 9.55 Å². The van der Waals surface area contributed by atoms with Gasteiger partial charge in [-0.2, -0.15) is 0 Å². The third-order valence-electron chi connectivity index (χ3n) is 3.54. The highest BCUT2D eigenvalue weighted by molar-refractivity contribution is 5.04. The molecule has 23 heavy (non-hydrogen) atoms. The number of aliphatic hydroxyl groups is 1. The van der Waals surface area contributed by atoms with E-state index in [0.29, 0.717) is 12.2 Å². The minimum Gasteiger partial charge on any atom is -0.394 e. The Balaban J connectivity index is 2.25. The van der Waals surface area contributed by atoms with Crippen LogP contribution in [-0.2, 0) is 16.1 Å². The van der Waals surface area contributed by atoms with Gasteiger partial charge in [-0.15, -0.1) is 0 Å². The predicted molar refractivity (Wildman–Crippen MR) is 79.8 cm³/mol. The van der Waals surface area contributed by atoms with Gasteiger partial charge in [0.1, 0.15) is 6.23 Å². The second kappa shape index (κ2) is 7.93. The van der Waals surface area contributed by atoms with Gasteiger partial charge in [-0.1, -0.05) is 12.0 Å². The van der Waals surface area contributed by atoms with E-state index in [1.807, 2.05) is 6.92 Å². The minimum atomic E-state index is -0.725. The molecule has 1 fully saturated rings. The third-order valence-corrected chi connectivity index (χ3v) is 3.54. The number of azide groups is 1.